The standard InChI is InChI=1S/C14H19FN2O.ClH/c1-10-7-11(15)9-13(8-10)17-14(18)5-4-12-3-2-6-16-12;/h7-9,12,16H,2-6H2,1H3,(H,17,18);1H. The Balaban J connectivity index is 0.00000180. The van der Waals surface area contributed by atoms with Gasteiger partial charge >= 0.3 is 0 Å². The normalized spacial score (nSPS) is 17.9. The zero-order chi connectivity index (χ0) is 13.0. The van der Waals surface area contributed by atoms with Gasteiger partial charge in [0.2, 0.25) is 5.91 Å². The molecule has 1 amide bonds. The summed E-state index contributed by atoms with van der Waals surface area (Å²) in [6.07, 6.45) is 3.66. The first kappa shape index (κ1) is 15.9. The van der Waals surface area contributed by atoms with Gasteiger partial charge in [-0.15, -0.1) is 12.4 Å². The number of anilines is 1. The molecule has 0 aliphatic carbocycles. The van der Waals surface area contributed by atoms with Crippen molar-refractivity contribution in [1.29, 1.82) is 0 Å². The van der Waals surface area contributed by atoms with Crippen LogP contribution < -0.4 is 10.6 Å². The number of rotatable bonds is 4. The number of nitrogens with one attached hydrogen (secondary N) is 2. The Hall–Kier alpha value is -1.13. The number of hydrogen-bond donors (Lipinski definition) is 2. The zero-order valence-electron chi connectivity index (χ0n) is 11.0. The van der Waals surface area contributed by atoms with Gasteiger partial charge in [0.05, 0.1) is 0 Å². The molecule has 1 aromatic carbocycles. The molecule has 0 aromatic heterocycles. The molecule has 0 saturated carbocycles. The van der Waals surface area contributed by atoms with E-state index in [0.717, 1.165) is 24.9 Å². The lowest BCUT2D eigenvalue weighted by Crippen LogP contribution is -2.23. The van der Waals surface area contributed by atoms with Crippen LogP contribution in [0.25, 0.3) is 0 Å². The Morgan fingerprint density at radius 2 is 2.26 bits per heavy atom. The fourth-order valence-corrected chi connectivity index (χ4v) is 2.34. The smallest absolute Gasteiger partial charge is 0.224 e. The van der Waals surface area contributed by atoms with Crippen molar-refractivity contribution >= 4 is 24.0 Å². The SMILES string of the molecule is Cc1cc(F)cc(NC(=O)CCC2CCCN2)c1.Cl. The Morgan fingerprint density at radius 1 is 1.47 bits per heavy atom. The van der Waals surface area contributed by atoms with Crippen LogP contribution in [0.15, 0.2) is 18.2 Å². The van der Waals surface area contributed by atoms with E-state index < -0.39 is 0 Å². The van der Waals surface area contributed by atoms with Crippen molar-refractivity contribution in [2.75, 3.05) is 11.9 Å². The van der Waals surface area contributed by atoms with E-state index in [1.807, 2.05) is 0 Å². The maximum Gasteiger partial charge on any atom is 0.224 e. The molecule has 1 fully saturated rings. The molecule has 19 heavy (non-hydrogen) atoms. The van der Waals surface area contributed by atoms with Crippen molar-refractivity contribution in [3.63, 3.8) is 0 Å². The molecule has 2 rings (SSSR count). The van der Waals surface area contributed by atoms with E-state index in [1.54, 1.807) is 13.0 Å². The molecular weight excluding hydrogens is 267 g/mol. The molecular formula is C14H20ClFN2O. The molecule has 1 saturated heterocycles. The second kappa shape index (κ2) is 7.46. The van der Waals surface area contributed by atoms with Gasteiger partial charge in [-0.05, 0) is 56.5 Å². The van der Waals surface area contributed by atoms with Crippen molar-refractivity contribution in [1.82, 2.24) is 5.32 Å². The van der Waals surface area contributed by atoms with Crippen molar-refractivity contribution in [2.45, 2.75) is 38.6 Å². The van der Waals surface area contributed by atoms with E-state index in [0.29, 0.717) is 18.2 Å². The van der Waals surface area contributed by atoms with Crippen LogP contribution in [-0.4, -0.2) is 18.5 Å². The summed E-state index contributed by atoms with van der Waals surface area (Å²) in [6, 6.07) is 5.02. The van der Waals surface area contributed by atoms with E-state index in [-0.39, 0.29) is 24.1 Å². The largest absolute Gasteiger partial charge is 0.326 e. The van der Waals surface area contributed by atoms with Crippen molar-refractivity contribution in [3.05, 3.63) is 29.6 Å². The number of benzene rings is 1. The van der Waals surface area contributed by atoms with E-state index in [9.17, 15) is 9.18 Å². The van der Waals surface area contributed by atoms with Crippen LogP contribution in [0.2, 0.25) is 0 Å². The third-order valence-corrected chi connectivity index (χ3v) is 3.21. The number of amides is 1. The maximum absolute atomic E-state index is 13.1. The van der Waals surface area contributed by atoms with Crippen LogP contribution in [0.3, 0.4) is 0 Å². The fraction of sp³-hybridized carbons (Fsp3) is 0.500. The van der Waals surface area contributed by atoms with Gasteiger partial charge in [0.15, 0.2) is 0 Å². The van der Waals surface area contributed by atoms with Crippen LogP contribution in [0, 0.1) is 12.7 Å². The van der Waals surface area contributed by atoms with Crippen molar-refractivity contribution in [3.8, 4) is 0 Å². The van der Waals surface area contributed by atoms with Crippen LogP contribution in [0.5, 0.6) is 0 Å². The number of aryl methyl sites for hydroxylation is 1. The Labute approximate surface area is 119 Å². The van der Waals surface area contributed by atoms with Gasteiger partial charge in [0, 0.05) is 18.2 Å². The Bertz CT molecular complexity index is 413. The molecule has 1 heterocycles. The molecule has 2 N–H and O–H groups in total. The predicted molar refractivity (Wildman–Crippen MR) is 77.3 cm³/mol. The topological polar surface area (TPSA) is 41.1 Å². The lowest BCUT2D eigenvalue weighted by molar-refractivity contribution is -0.116. The van der Waals surface area contributed by atoms with Crippen LogP contribution in [0.1, 0.15) is 31.2 Å². The molecule has 0 radical (unpaired) electrons. The highest BCUT2D eigenvalue weighted by molar-refractivity contribution is 5.90. The van der Waals surface area contributed by atoms with Gasteiger partial charge in [-0.2, -0.15) is 0 Å². The van der Waals surface area contributed by atoms with E-state index in [2.05, 4.69) is 10.6 Å². The monoisotopic (exact) mass is 286 g/mol. The minimum Gasteiger partial charge on any atom is -0.326 e. The minimum absolute atomic E-state index is 0. The molecule has 1 aliphatic heterocycles. The average Bonchev–Trinajstić information content (AvgIpc) is 2.77. The summed E-state index contributed by atoms with van der Waals surface area (Å²) in [5.41, 5.74) is 1.35. The number of carbonyl (C=O) groups excluding carboxylic acids is 1. The first-order valence-electron chi connectivity index (χ1n) is 6.44. The number of carbonyl (C=O) groups is 1. The number of halogens is 2. The Morgan fingerprint density at radius 3 is 2.89 bits per heavy atom. The molecule has 0 spiro atoms. The third kappa shape index (κ3) is 5.17. The van der Waals surface area contributed by atoms with Crippen molar-refractivity contribution < 1.29 is 9.18 Å². The van der Waals surface area contributed by atoms with Gasteiger partial charge < -0.3 is 10.6 Å². The van der Waals surface area contributed by atoms with E-state index >= 15 is 0 Å². The van der Waals surface area contributed by atoms with Gasteiger partial charge in [0.25, 0.3) is 0 Å². The number of hydrogen-bond acceptors (Lipinski definition) is 2. The summed E-state index contributed by atoms with van der Waals surface area (Å²) in [6.45, 7) is 2.86. The molecule has 1 atom stereocenters. The van der Waals surface area contributed by atoms with Gasteiger partial charge in [-0.25, -0.2) is 4.39 Å². The van der Waals surface area contributed by atoms with Crippen LogP contribution in [-0.2, 0) is 4.79 Å². The molecule has 5 heteroatoms. The highest BCUT2D eigenvalue weighted by Gasteiger charge is 2.15. The van der Waals surface area contributed by atoms with E-state index in [1.165, 1.54) is 18.6 Å². The van der Waals surface area contributed by atoms with E-state index in [4.69, 9.17) is 0 Å². The summed E-state index contributed by atoms with van der Waals surface area (Å²) in [4.78, 5) is 11.7. The summed E-state index contributed by atoms with van der Waals surface area (Å²) in [5.74, 6) is -0.364. The third-order valence-electron chi connectivity index (χ3n) is 3.21. The predicted octanol–water partition coefficient (Wildman–Crippen LogP) is 3.03. The molecule has 106 valence electrons. The van der Waals surface area contributed by atoms with Crippen LogP contribution in [0.4, 0.5) is 10.1 Å². The second-order valence-electron chi connectivity index (χ2n) is 4.90. The first-order valence-corrected chi connectivity index (χ1v) is 6.44. The summed E-state index contributed by atoms with van der Waals surface area (Å²) >= 11 is 0. The average molecular weight is 287 g/mol. The highest BCUT2D eigenvalue weighted by Crippen LogP contribution is 2.15. The summed E-state index contributed by atoms with van der Waals surface area (Å²) in [5, 5.41) is 6.09. The summed E-state index contributed by atoms with van der Waals surface area (Å²) in [7, 11) is 0. The highest BCUT2D eigenvalue weighted by atomic mass is 35.5. The lowest BCUT2D eigenvalue weighted by Gasteiger charge is -2.10. The lowest BCUT2D eigenvalue weighted by atomic mass is 10.1. The zero-order valence-corrected chi connectivity index (χ0v) is 11.9. The molecule has 0 bridgehead atoms. The first-order chi connectivity index (χ1) is 8.63. The molecule has 1 unspecified atom stereocenters. The van der Waals surface area contributed by atoms with Crippen molar-refractivity contribution in [2.24, 2.45) is 0 Å². The molecule has 1 aromatic rings. The maximum atomic E-state index is 13.1. The molecule has 1 aliphatic rings. The Kier molecular flexibility index (Phi) is 6.25. The molecule has 3 nitrogen and oxygen atoms in total. The summed E-state index contributed by atoms with van der Waals surface area (Å²) < 4.78 is 13.1. The second-order valence-corrected chi connectivity index (χ2v) is 4.90. The van der Waals surface area contributed by atoms with Crippen LogP contribution >= 0.6 is 12.4 Å². The van der Waals surface area contributed by atoms with Gasteiger partial charge in [-0.3, -0.25) is 4.79 Å². The fourth-order valence-electron chi connectivity index (χ4n) is 2.34. The minimum atomic E-state index is -0.317. The van der Waals surface area contributed by atoms with Gasteiger partial charge in [-0.1, -0.05) is 0 Å². The quantitative estimate of drug-likeness (QED) is 0.893. The van der Waals surface area contributed by atoms with Gasteiger partial charge in [0.1, 0.15) is 5.82 Å².